The van der Waals surface area contributed by atoms with E-state index in [2.05, 4.69) is 0 Å². The largest absolute Gasteiger partial charge is 0.504 e. The van der Waals surface area contributed by atoms with Crippen molar-refractivity contribution in [2.24, 2.45) is 11.3 Å². The van der Waals surface area contributed by atoms with Gasteiger partial charge in [-0.15, -0.1) is 0 Å². The average molecular weight is 204 g/mol. The van der Waals surface area contributed by atoms with Gasteiger partial charge in [0.25, 0.3) is 0 Å². The van der Waals surface area contributed by atoms with Gasteiger partial charge in [-0.05, 0) is 23.8 Å². The maximum atomic E-state index is 11.5. The van der Waals surface area contributed by atoms with Gasteiger partial charge in [0.2, 0.25) is 5.78 Å². The fraction of sp³-hybridized carbons (Fsp3) is 0.333. The molecule has 0 aromatic heterocycles. The van der Waals surface area contributed by atoms with Crippen LogP contribution in [0.2, 0.25) is 0 Å². The first kappa shape index (κ1) is 9.90. The van der Waals surface area contributed by atoms with Gasteiger partial charge in [-0.25, -0.2) is 0 Å². The molecule has 3 nitrogen and oxygen atoms in total. The van der Waals surface area contributed by atoms with E-state index in [1.807, 2.05) is 6.92 Å². The molecule has 2 aliphatic carbocycles. The van der Waals surface area contributed by atoms with Gasteiger partial charge in [0.15, 0.2) is 11.5 Å². The van der Waals surface area contributed by atoms with Gasteiger partial charge >= 0.3 is 0 Å². The predicted octanol–water partition coefficient (Wildman–Crippen LogP) is 1.72. The summed E-state index contributed by atoms with van der Waals surface area (Å²) < 4.78 is 0. The number of hydrogen-bond donors (Lipinski definition) is 1. The number of aliphatic hydroxyl groups is 1. The number of aliphatic hydroxyl groups excluding tert-OH is 1. The van der Waals surface area contributed by atoms with Gasteiger partial charge in [0.1, 0.15) is 0 Å². The smallest absolute Gasteiger partial charge is 0.220 e. The van der Waals surface area contributed by atoms with Crippen molar-refractivity contribution in [1.29, 1.82) is 0 Å². The molecule has 0 fully saturated rings. The van der Waals surface area contributed by atoms with E-state index in [4.69, 9.17) is 0 Å². The number of rotatable bonds is 0. The molecule has 0 bridgehead atoms. The second-order valence-electron chi connectivity index (χ2n) is 4.23. The summed E-state index contributed by atoms with van der Waals surface area (Å²) in [6, 6.07) is 0. The van der Waals surface area contributed by atoms with E-state index in [1.54, 1.807) is 13.0 Å². The molecule has 3 heteroatoms. The molecule has 2 unspecified atom stereocenters. The first-order valence-corrected chi connectivity index (χ1v) is 4.85. The third-order valence-corrected chi connectivity index (χ3v) is 3.35. The summed E-state index contributed by atoms with van der Waals surface area (Å²) in [5, 5.41) is 9.42. The molecule has 0 radical (unpaired) electrons. The van der Waals surface area contributed by atoms with E-state index in [9.17, 15) is 14.7 Å². The molecule has 0 saturated heterocycles. The highest BCUT2D eigenvalue weighted by molar-refractivity contribution is 6.06. The van der Waals surface area contributed by atoms with Gasteiger partial charge in [-0.2, -0.15) is 0 Å². The second kappa shape index (κ2) is 2.92. The van der Waals surface area contributed by atoms with Crippen LogP contribution in [0.5, 0.6) is 0 Å². The quantitative estimate of drug-likeness (QED) is 0.653. The minimum absolute atomic E-state index is 0.0213. The van der Waals surface area contributed by atoms with E-state index < -0.39 is 11.2 Å². The lowest BCUT2D eigenvalue weighted by Crippen LogP contribution is -2.36. The first-order chi connectivity index (χ1) is 6.95. The Morgan fingerprint density at radius 1 is 1.33 bits per heavy atom. The predicted molar refractivity (Wildman–Crippen MR) is 55.2 cm³/mol. The van der Waals surface area contributed by atoms with E-state index in [1.165, 1.54) is 18.2 Å². The fourth-order valence-corrected chi connectivity index (χ4v) is 2.02. The minimum Gasteiger partial charge on any atom is -0.504 e. The maximum Gasteiger partial charge on any atom is 0.220 e. The highest BCUT2D eigenvalue weighted by Crippen LogP contribution is 2.43. The lowest BCUT2D eigenvalue weighted by molar-refractivity contribution is -0.120. The summed E-state index contributed by atoms with van der Waals surface area (Å²) in [5.74, 6) is -0.887. The molecule has 0 aliphatic heterocycles. The van der Waals surface area contributed by atoms with Crippen LogP contribution in [0.15, 0.2) is 35.6 Å². The van der Waals surface area contributed by atoms with E-state index >= 15 is 0 Å². The third-order valence-electron chi connectivity index (χ3n) is 3.35. The van der Waals surface area contributed by atoms with Crippen LogP contribution in [-0.2, 0) is 9.59 Å². The van der Waals surface area contributed by atoms with Crippen LogP contribution in [0.4, 0.5) is 0 Å². The summed E-state index contributed by atoms with van der Waals surface area (Å²) >= 11 is 0. The van der Waals surface area contributed by atoms with Gasteiger partial charge in [-0.3, -0.25) is 9.59 Å². The van der Waals surface area contributed by atoms with Gasteiger partial charge in [0.05, 0.1) is 0 Å². The molecule has 0 amide bonds. The lowest BCUT2D eigenvalue weighted by Gasteiger charge is -2.37. The van der Waals surface area contributed by atoms with Gasteiger partial charge in [0, 0.05) is 11.3 Å². The van der Waals surface area contributed by atoms with Crippen LogP contribution in [0, 0.1) is 11.3 Å². The summed E-state index contributed by atoms with van der Waals surface area (Å²) in [6.07, 6.45) is 6.02. The molecule has 0 aromatic carbocycles. The van der Waals surface area contributed by atoms with Gasteiger partial charge in [-0.1, -0.05) is 19.9 Å². The Morgan fingerprint density at radius 2 is 2.00 bits per heavy atom. The summed E-state index contributed by atoms with van der Waals surface area (Å²) in [4.78, 5) is 22.8. The summed E-state index contributed by atoms with van der Waals surface area (Å²) in [7, 11) is 0. The number of hydrogen-bond acceptors (Lipinski definition) is 3. The van der Waals surface area contributed by atoms with Crippen LogP contribution in [0.25, 0.3) is 0 Å². The Kier molecular flexibility index (Phi) is 1.93. The highest BCUT2D eigenvalue weighted by Gasteiger charge is 2.41. The van der Waals surface area contributed by atoms with Gasteiger partial charge < -0.3 is 5.11 Å². The molecule has 2 atom stereocenters. The van der Waals surface area contributed by atoms with E-state index in [0.29, 0.717) is 0 Å². The van der Waals surface area contributed by atoms with Crippen LogP contribution in [0.3, 0.4) is 0 Å². The Labute approximate surface area is 87.8 Å². The molecule has 0 aromatic rings. The zero-order chi connectivity index (χ0) is 11.2. The Balaban J connectivity index is 2.59. The van der Waals surface area contributed by atoms with E-state index in [-0.39, 0.29) is 17.5 Å². The number of ketones is 2. The zero-order valence-electron chi connectivity index (χ0n) is 8.65. The molecule has 2 aliphatic rings. The number of fused-ring (bicyclic) bond motifs is 1. The average Bonchev–Trinajstić information content (AvgIpc) is 2.18. The van der Waals surface area contributed by atoms with Crippen molar-refractivity contribution >= 4 is 11.6 Å². The minimum atomic E-state index is -0.552. The number of allylic oxidation sites excluding steroid dienone is 5. The van der Waals surface area contributed by atoms with Crippen LogP contribution in [-0.4, -0.2) is 16.7 Å². The molecular weight excluding hydrogens is 192 g/mol. The Bertz CT molecular complexity index is 440. The Hall–Kier alpha value is -1.64. The topological polar surface area (TPSA) is 54.4 Å². The third kappa shape index (κ3) is 1.27. The normalized spacial score (nSPS) is 34.7. The second-order valence-corrected chi connectivity index (χ2v) is 4.23. The molecule has 0 spiro atoms. The Morgan fingerprint density at radius 3 is 2.67 bits per heavy atom. The van der Waals surface area contributed by atoms with Crippen molar-refractivity contribution in [2.45, 2.75) is 13.8 Å². The number of carbonyl (C=O) groups is 2. The van der Waals surface area contributed by atoms with Crippen molar-refractivity contribution in [2.75, 3.05) is 0 Å². The molecule has 0 saturated carbocycles. The van der Waals surface area contributed by atoms with Crippen LogP contribution in [0.1, 0.15) is 13.8 Å². The standard InChI is InChI=1S/C12H12O3/c1-7-9(13)4-3-8-5-10(14)11(15)6-12(7,8)2/h3-7,15H,1-2H3. The first-order valence-electron chi connectivity index (χ1n) is 4.85. The molecular formula is C12H12O3. The zero-order valence-corrected chi connectivity index (χ0v) is 8.65. The van der Waals surface area contributed by atoms with Crippen molar-refractivity contribution in [3.8, 4) is 0 Å². The molecule has 2 rings (SSSR count). The molecule has 15 heavy (non-hydrogen) atoms. The molecule has 0 heterocycles. The van der Waals surface area contributed by atoms with Crippen LogP contribution >= 0.6 is 0 Å². The van der Waals surface area contributed by atoms with E-state index in [0.717, 1.165) is 5.57 Å². The summed E-state index contributed by atoms with van der Waals surface area (Å²) in [6.45, 7) is 3.66. The van der Waals surface area contributed by atoms with Crippen molar-refractivity contribution < 1.29 is 14.7 Å². The van der Waals surface area contributed by atoms with Crippen molar-refractivity contribution in [3.05, 3.63) is 35.6 Å². The SMILES string of the molecule is CC1C(=O)C=CC2=CC(=O)C(O)=CC21C. The molecule has 78 valence electrons. The number of carbonyl (C=O) groups excluding carboxylic acids is 2. The fourth-order valence-electron chi connectivity index (χ4n) is 2.02. The maximum absolute atomic E-state index is 11.5. The van der Waals surface area contributed by atoms with Crippen LogP contribution < -0.4 is 0 Å². The van der Waals surface area contributed by atoms with Crippen molar-refractivity contribution in [3.63, 3.8) is 0 Å². The summed E-state index contributed by atoms with van der Waals surface area (Å²) in [5.41, 5.74) is 0.238. The monoisotopic (exact) mass is 204 g/mol. The van der Waals surface area contributed by atoms with Crippen molar-refractivity contribution in [1.82, 2.24) is 0 Å². The lowest BCUT2D eigenvalue weighted by atomic mass is 9.65. The highest BCUT2D eigenvalue weighted by atomic mass is 16.3. The molecule has 1 N–H and O–H groups in total.